The van der Waals surface area contributed by atoms with E-state index in [-0.39, 0.29) is 6.04 Å². The van der Waals surface area contributed by atoms with Gasteiger partial charge in [0.1, 0.15) is 0 Å². The summed E-state index contributed by atoms with van der Waals surface area (Å²) in [7, 11) is 4.95. The Kier molecular flexibility index (Phi) is 5.09. The Morgan fingerprint density at radius 2 is 1.65 bits per heavy atom. The van der Waals surface area contributed by atoms with Crippen LogP contribution < -0.4 is 19.5 Å². The number of hydrogen-bond acceptors (Lipinski definition) is 5. The van der Waals surface area contributed by atoms with E-state index in [4.69, 9.17) is 14.2 Å². The standard InChI is InChI=1S/C15H24N2O3/c1-11(17-9-7-16-8-10-17)12-5-6-13(18-2)15(20-4)14(12)19-3/h5-6,11,16H,7-10H2,1-4H3. The van der Waals surface area contributed by atoms with E-state index in [1.54, 1.807) is 21.3 Å². The van der Waals surface area contributed by atoms with Gasteiger partial charge in [0.2, 0.25) is 5.75 Å². The first-order valence-corrected chi connectivity index (χ1v) is 6.96. The van der Waals surface area contributed by atoms with Crippen molar-refractivity contribution < 1.29 is 14.2 Å². The molecule has 1 fully saturated rings. The third-order valence-corrected chi connectivity index (χ3v) is 3.88. The highest BCUT2D eigenvalue weighted by Gasteiger charge is 2.24. The molecule has 0 spiro atoms. The molecule has 112 valence electrons. The lowest BCUT2D eigenvalue weighted by Gasteiger charge is -2.34. The molecule has 0 radical (unpaired) electrons. The van der Waals surface area contributed by atoms with E-state index in [0.717, 1.165) is 37.5 Å². The number of ether oxygens (including phenoxy) is 3. The van der Waals surface area contributed by atoms with Gasteiger partial charge in [0.15, 0.2) is 11.5 Å². The van der Waals surface area contributed by atoms with Crippen molar-refractivity contribution in [1.82, 2.24) is 10.2 Å². The lowest BCUT2D eigenvalue weighted by Crippen LogP contribution is -2.44. The zero-order valence-corrected chi connectivity index (χ0v) is 12.7. The maximum Gasteiger partial charge on any atom is 0.203 e. The number of benzene rings is 1. The van der Waals surface area contributed by atoms with Gasteiger partial charge in [-0.3, -0.25) is 4.90 Å². The topological polar surface area (TPSA) is 43.0 Å². The van der Waals surface area contributed by atoms with Crippen LogP contribution in [-0.4, -0.2) is 52.4 Å². The zero-order chi connectivity index (χ0) is 14.5. The Bertz CT molecular complexity index is 445. The maximum atomic E-state index is 5.57. The van der Waals surface area contributed by atoms with Crippen LogP contribution in [0.4, 0.5) is 0 Å². The largest absolute Gasteiger partial charge is 0.493 e. The molecule has 1 aliphatic heterocycles. The Morgan fingerprint density at radius 1 is 1.00 bits per heavy atom. The molecule has 2 rings (SSSR count). The first-order chi connectivity index (χ1) is 9.72. The molecule has 5 nitrogen and oxygen atoms in total. The second-order valence-electron chi connectivity index (χ2n) is 4.89. The van der Waals surface area contributed by atoms with Crippen LogP contribution in [0.5, 0.6) is 17.2 Å². The van der Waals surface area contributed by atoms with Gasteiger partial charge in [-0.2, -0.15) is 0 Å². The Balaban J connectivity index is 2.34. The molecule has 0 aromatic heterocycles. The van der Waals surface area contributed by atoms with Crippen LogP contribution in [0.15, 0.2) is 12.1 Å². The number of methoxy groups -OCH3 is 3. The van der Waals surface area contributed by atoms with Gasteiger partial charge in [0.25, 0.3) is 0 Å². The average molecular weight is 280 g/mol. The summed E-state index contributed by atoms with van der Waals surface area (Å²) in [5.41, 5.74) is 1.13. The minimum absolute atomic E-state index is 0.284. The van der Waals surface area contributed by atoms with Crippen molar-refractivity contribution in [2.75, 3.05) is 47.5 Å². The van der Waals surface area contributed by atoms with E-state index in [1.807, 2.05) is 6.07 Å². The molecule has 0 aliphatic carbocycles. The van der Waals surface area contributed by atoms with Crippen LogP contribution in [0.2, 0.25) is 0 Å². The average Bonchev–Trinajstić information content (AvgIpc) is 2.53. The lowest BCUT2D eigenvalue weighted by atomic mass is 10.0. The monoisotopic (exact) mass is 280 g/mol. The number of nitrogens with zero attached hydrogens (tertiary/aromatic N) is 1. The molecule has 1 aliphatic rings. The Labute approximate surface area is 120 Å². The molecule has 1 aromatic rings. The third kappa shape index (κ3) is 2.83. The van der Waals surface area contributed by atoms with Crippen molar-refractivity contribution in [3.05, 3.63) is 17.7 Å². The molecule has 1 aromatic carbocycles. The fourth-order valence-electron chi connectivity index (χ4n) is 2.72. The van der Waals surface area contributed by atoms with Gasteiger partial charge in [-0.1, -0.05) is 0 Å². The second-order valence-corrected chi connectivity index (χ2v) is 4.89. The second kappa shape index (κ2) is 6.81. The molecule has 0 saturated carbocycles. The van der Waals surface area contributed by atoms with Gasteiger partial charge < -0.3 is 19.5 Å². The maximum absolute atomic E-state index is 5.57. The highest BCUT2D eigenvalue weighted by atomic mass is 16.5. The molecule has 1 atom stereocenters. The van der Waals surface area contributed by atoms with Crippen LogP contribution in [0, 0.1) is 0 Å². The van der Waals surface area contributed by atoms with Gasteiger partial charge in [-0.05, 0) is 19.1 Å². The molecule has 1 N–H and O–H groups in total. The SMILES string of the molecule is COc1ccc(C(C)N2CCNCC2)c(OC)c1OC. The Morgan fingerprint density at radius 3 is 2.20 bits per heavy atom. The highest BCUT2D eigenvalue weighted by molar-refractivity contribution is 5.56. The van der Waals surface area contributed by atoms with Crippen LogP contribution in [0.3, 0.4) is 0 Å². The summed E-state index contributed by atoms with van der Waals surface area (Å²) >= 11 is 0. The minimum atomic E-state index is 0.284. The van der Waals surface area contributed by atoms with Crippen LogP contribution in [0.25, 0.3) is 0 Å². The van der Waals surface area contributed by atoms with Crippen molar-refractivity contribution in [2.24, 2.45) is 0 Å². The van der Waals surface area contributed by atoms with Gasteiger partial charge in [-0.15, -0.1) is 0 Å². The summed E-state index contributed by atoms with van der Waals surface area (Å²) in [6.07, 6.45) is 0. The van der Waals surface area contributed by atoms with Crippen LogP contribution >= 0.6 is 0 Å². The predicted molar refractivity (Wildman–Crippen MR) is 79.0 cm³/mol. The molecule has 5 heteroatoms. The predicted octanol–water partition coefficient (Wildman–Crippen LogP) is 1.68. The molecular formula is C15H24N2O3. The number of rotatable bonds is 5. The molecule has 0 bridgehead atoms. The molecular weight excluding hydrogens is 256 g/mol. The number of nitrogens with one attached hydrogen (secondary N) is 1. The van der Waals surface area contributed by atoms with E-state index < -0.39 is 0 Å². The van der Waals surface area contributed by atoms with Gasteiger partial charge in [0, 0.05) is 37.8 Å². The van der Waals surface area contributed by atoms with E-state index in [2.05, 4.69) is 23.2 Å². The first kappa shape index (κ1) is 14.9. The van der Waals surface area contributed by atoms with E-state index in [9.17, 15) is 0 Å². The fourth-order valence-corrected chi connectivity index (χ4v) is 2.72. The van der Waals surface area contributed by atoms with Crippen molar-refractivity contribution in [3.8, 4) is 17.2 Å². The van der Waals surface area contributed by atoms with Crippen molar-refractivity contribution >= 4 is 0 Å². The smallest absolute Gasteiger partial charge is 0.203 e. The highest BCUT2D eigenvalue weighted by Crippen LogP contribution is 2.43. The molecule has 1 heterocycles. The van der Waals surface area contributed by atoms with Crippen LogP contribution in [-0.2, 0) is 0 Å². The summed E-state index contributed by atoms with van der Waals surface area (Å²) in [4.78, 5) is 2.44. The third-order valence-electron chi connectivity index (χ3n) is 3.88. The van der Waals surface area contributed by atoms with Crippen molar-refractivity contribution in [1.29, 1.82) is 0 Å². The summed E-state index contributed by atoms with van der Waals surface area (Å²) in [6.45, 7) is 6.34. The van der Waals surface area contributed by atoms with Crippen LogP contribution in [0.1, 0.15) is 18.5 Å². The van der Waals surface area contributed by atoms with E-state index in [1.165, 1.54) is 0 Å². The molecule has 0 amide bonds. The van der Waals surface area contributed by atoms with E-state index >= 15 is 0 Å². The molecule has 1 unspecified atom stereocenters. The summed E-state index contributed by atoms with van der Waals surface area (Å²) < 4.78 is 16.4. The van der Waals surface area contributed by atoms with Gasteiger partial charge >= 0.3 is 0 Å². The first-order valence-electron chi connectivity index (χ1n) is 6.96. The van der Waals surface area contributed by atoms with Crippen molar-refractivity contribution in [2.45, 2.75) is 13.0 Å². The van der Waals surface area contributed by atoms with E-state index in [0.29, 0.717) is 11.5 Å². The fraction of sp³-hybridized carbons (Fsp3) is 0.600. The van der Waals surface area contributed by atoms with Crippen molar-refractivity contribution in [3.63, 3.8) is 0 Å². The number of hydrogen-bond donors (Lipinski definition) is 1. The van der Waals surface area contributed by atoms with Gasteiger partial charge in [-0.25, -0.2) is 0 Å². The summed E-state index contributed by atoms with van der Waals surface area (Å²) in [5.74, 6) is 2.12. The summed E-state index contributed by atoms with van der Waals surface area (Å²) in [5, 5.41) is 3.37. The molecule has 1 saturated heterocycles. The Hall–Kier alpha value is -1.46. The normalized spacial score (nSPS) is 17.6. The zero-order valence-electron chi connectivity index (χ0n) is 12.7. The number of piperazine rings is 1. The lowest BCUT2D eigenvalue weighted by molar-refractivity contribution is 0.181. The van der Waals surface area contributed by atoms with Gasteiger partial charge in [0.05, 0.1) is 21.3 Å². The summed E-state index contributed by atoms with van der Waals surface area (Å²) in [6, 6.07) is 4.29. The quantitative estimate of drug-likeness (QED) is 0.889. The molecule has 20 heavy (non-hydrogen) atoms. The minimum Gasteiger partial charge on any atom is -0.493 e.